The molecule has 7 rings (SSSR count). The summed E-state index contributed by atoms with van der Waals surface area (Å²) in [5.41, 5.74) is 3.38. The third kappa shape index (κ3) is 9.38. The van der Waals surface area contributed by atoms with Crippen LogP contribution in [-0.2, 0) is 20.9 Å². The van der Waals surface area contributed by atoms with E-state index in [0.29, 0.717) is 59.4 Å². The summed E-state index contributed by atoms with van der Waals surface area (Å²) in [5.74, 6) is 0.307. The number of methoxy groups -OCH3 is 3. The van der Waals surface area contributed by atoms with E-state index in [1.807, 2.05) is 24.3 Å². The van der Waals surface area contributed by atoms with Crippen LogP contribution in [0.2, 0.25) is 0 Å². The summed E-state index contributed by atoms with van der Waals surface area (Å²) in [7, 11) is 5.86. The number of aliphatic hydroxyl groups excluding tert-OH is 2. The molecule has 1 saturated carbocycles. The molecule has 16 nitrogen and oxygen atoms in total. The number of ether oxygens (including phenoxy) is 8. The number of fused-ring (bicyclic) bond motifs is 3. The molecule has 3 aromatic rings. The summed E-state index contributed by atoms with van der Waals surface area (Å²) in [5, 5.41) is 27.2. The van der Waals surface area contributed by atoms with E-state index in [9.17, 15) is 19.8 Å². The van der Waals surface area contributed by atoms with Gasteiger partial charge in [-0.3, -0.25) is 10.2 Å². The number of oxime groups is 1. The van der Waals surface area contributed by atoms with Crippen molar-refractivity contribution in [3.05, 3.63) is 90.0 Å². The van der Waals surface area contributed by atoms with Crippen LogP contribution in [0.1, 0.15) is 62.0 Å². The highest BCUT2D eigenvalue weighted by molar-refractivity contribution is 6.03. The molecule has 63 heavy (non-hydrogen) atoms. The number of rotatable bonds is 19. The number of benzene rings is 3. The minimum absolute atomic E-state index is 0.00564. The van der Waals surface area contributed by atoms with Crippen molar-refractivity contribution in [1.29, 1.82) is 0 Å². The van der Waals surface area contributed by atoms with Gasteiger partial charge < -0.3 is 52.9 Å². The molecule has 0 bridgehead atoms. The molecule has 0 aromatic heterocycles. The van der Waals surface area contributed by atoms with Crippen LogP contribution in [0.5, 0.6) is 34.5 Å². The number of hydrogen-bond acceptors (Lipinski definition) is 14. The summed E-state index contributed by atoms with van der Waals surface area (Å²) in [6, 6.07) is 14.9. The van der Waals surface area contributed by atoms with Crippen LogP contribution < -0.4 is 33.7 Å². The summed E-state index contributed by atoms with van der Waals surface area (Å²) in [4.78, 5) is 34.9. The molecular weight excluding hydrogens is 815 g/mol. The Balaban J connectivity index is 1.37. The summed E-state index contributed by atoms with van der Waals surface area (Å²) in [6.45, 7) is 4.35. The lowest BCUT2D eigenvalue weighted by Crippen LogP contribution is -2.70. The molecular formula is C47H57N3O13. The van der Waals surface area contributed by atoms with E-state index >= 15 is 0 Å². The van der Waals surface area contributed by atoms with Gasteiger partial charge in [-0.1, -0.05) is 36.2 Å². The Labute approximate surface area is 367 Å². The number of amides is 2. The molecule has 2 aliphatic heterocycles. The lowest BCUT2D eigenvalue weighted by Gasteiger charge is -2.59. The van der Waals surface area contributed by atoms with Gasteiger partial charge in [0.2, 0.25) is 12.6 Å². The van der Waals surface area contributed by atoms with E-state index in [1.165, 1.54) is 21.3 Å². The summed E-state index contributed by atoms with van der Waals surface area (Å²) < 4.78 is 47.8. The van der Waals surface area contributed by atoms with Crippen molar-refractivity contribution < 1.29 is 62.5 Å². The molecule has 338 valence electrons. The van der Waals surface area contributed by atoms with Gasteiger partial charge in [0.25, 0.3) is 0 Å². The second-order valence-corrected chi connectivity index (χ2v) is 15.8. The normalized spacial score (nSPS) is 23.3. The Bertz CT molecular complexity index is 2180. The van der Waals surface area contributed by atoms with Crippen molar-refractivity contribution in [1.82, 2.24) is 4.90 Å². The van der Waals surface area contributed by atoms with Gasteiger partial charge in [0.1, 0.15) is 36.1 Å². The number of aliphatic hydroxyl groups is 2. The standard InChI is InChI=1S/C47H57N3O13/c1-6-21-61-47-42(50(46(54)57-4)27-29-13-17-39-41(22-29)60-28-59-39)26-37(49-58-5)34-23-30(11-7-9-19-51)33(12-8-10-20-52)43(44(34)47)35-24-32(15-18-38(35)63-47)62-45(53)48-36-16-14-31(55-2)25-40(36)56-3/h6,13-18,22-25,30,33,42-44,51-52H,1,7-12,19-21,26-28H2,2-5H3,(H,48,53). The van der Waals surface area contributed by atoms with Crippen LogP contribution in [-0.4, -0.2) is 99.9 Å². The molecule has 6 atom stereocenters. The maximum atomic E-state index is 14.2. The number of allylic oxidation sites excluding steroid dienone is 1. The Morgan fingerprint density at radius 3 is 2.41 bits per heavy atom. The highest BCUT2D eigenvalue weighted by atomic mass is 16.7. The zero-order chi connectivity index (χ0) is 44.5. The van der Waals surface area contributed by atoms with Gasteiger partial charge in [-0.05, 0) is 91.1 Å². The van der Waals surface area contributed by atoms with E-state index < -0.39 is 29.9 Å². The summed E-state index contributed by atoms with van der Waals surface area (Å²) in [6.07, 6.45) is 6.90. The Morgan fingerprint density at radius 1 is 0.921 bits per heavy atom. The molecule has 16 heteroatoms. The minimum Gasteiger partial charge on any atom is -0.497 e. The number of nitrogens with one attached hydrogen (secondary N) is 1. The fraction of sp³-hybridized carbons (Fsp3) is 0.468. The zero-order valence-corrected chi connectivity index (χ0v) is 36.2. The fourth-order valence-corrected chi connectivity index (χ4v) is 9.62. The molecule has 2 heterocycles. The molecule has 6 unspecified atom stereocenters. The van der Waals surface area contributed by atoms with Gasteiger partial charge in [0, 0.05) is 43.7 Å². The second kappa shape index (κ2) is 20.5. The van der Waals surface area contributed by atoms with Gasteiger partial charge in [-0.15, -0.1) is 6.58 Å². The largest absolute Gasteiger partial charge is 0.497 e. The van der Waals surface area contributed by atoms with Crippen molar-refractivity contribution in [3.63, 3.8) is 0 Å². The molecule has 3 N–H and O–H groups in total. The maximum Gasteiger partial charge on any atom is 0.417 e. The van der Waals surface area contributed by atoms with Crippen molar-refractivity contribution >= 4 is 23.6 Å². The highest BCUT2D eigenvalue weighted by Crippen LogP contribution is 2.62. The highest BCUT2D eigenvalue weighted by Gasteiger charge is 2.65. The monoisotopic (exact) mass is 871 g/mol. The molecule has 2 aliphatic carbocycles. The Morgan fingerprint density at radius 2 is 1.68 bits per heavy atom. The Kier molecular flexibility index (Phi) is 14.6. The quantitative estimate of drug-likeness (QED) is 0.0609. The average molecular weight is 872 g/mol. The van der Waals surface area contributed by atoms with Gasteiger partial charge in [0.05, 0.1) is 45.3 Å². The number of anilines is 1. The van der Waals surface area contributed by atoms with E-state index in [0.717, 1.165) is 36.0 Å². The van der Waals surface area contributed by atoms with Crippen molar-refractivity contribution in [2.75, 3.05) is 60.4 Å². The minimum atomic E-state index is -1.54. The zero-order valence-electron chi connectivity index (χ0n) is 36.2. The molecule has 2 amide bonds. The number of unbranched alkanes of at least 4 members (excludes halogenated alkanes) is 2. The van der Waals surface area contributed by atoms with Crippen LogP contribution in [0.15, 0.2) is 84.1 Å². The van der Waals surface area contributed by atoms with E-state index in [-0.39, 0.29) is 63.1 Å². The molecule has 1 fully saturated rings. The van der Waals surface area contributed by atoms with E-state index in [4.69, 9.17) is 42.7 Å². The van der Waals surface area contributed by atoms with Crippen molar-refractivity contribution in [2.45, 2.75) is 69.2 Å². The predicted octanol–water partition coefficient (Wildman–Crippen LogP) is 7.58. The van der Waals surface area contributed by atoms with E-state index in [1.54, 1.807) is 48.4 Å². The average Bonchev–Trinajstić information content (AvgIpc) is 3.77. The van der Waals surface area contributed by atoms with Crippen LogP contribution in [0.3, 0.4) is 0 Å². The van der Waals surface area contributed by atoms with Crippen LogP contribution in [0.25, 0.3) is 0 Å². The van der Waals surface area contributed by atoms with Gasteiger partial charge in [0.15, 0.2) is 11.5 Å². The molecule has 3 aromatic carbocycles. The first-order valence-corrected chi connectivity index (χ1v) is 21.3. The first kappa shape index (κ1) is 45.1. The number of nitrogens with zero attached hydrogens (tertiary/aromatic N) is 2. The van der Waals surface area contributed by atoms with Gasteiger partial charge in [-0.2, -0.15) is 0 Å². The molecule has 0 spiro atoms. The summed E-state index contributed by atoms with van der Waals surface area (Å²) >= 11 is 0. The topological polar surface area (TPSA) is 185 Å². The maximum absolute atomic E-state index is 14.2. The first-order chi connectivity index (χ1) is 30.7. The van der Waals surface area contributed by atoms with E-state index in [2.05, 4.69) is 23.1 Å². The van der Waals surface area contributed by atoms with Crippen molar-refractivity contribution in [3.8, 4) is 34.5 Å². The van der Waals surface area contributed by atoms with Gasteiger partial charge >= 0.3 is 12.2 Å². The van der Waals surface area contributed by atoms with Crippen LogP contribution >= 0.6 is 0 Å². The number of hydrogen-bond donors (Lipinski definition) is 3. The van der Waals surface area contributed by atoms with Crippen LogP contribution in [0.4, 0.5) is 15.3 Å². The first-order valence-electron chi connectivity index (χ1n) is 21.3. The second-order valence-electron chi connectivity index (χ2n) is 15.8. The molecule has 0 radical (unpaired) electrons. The number of carbonyl (C=O) groups excluding carboxylic acids is 2. The van der Waals surface area contributed by atoms with Crippen LogP contribution in [0, 0.1) is 17.8 Å². The SMILES string of the molecule is C=CCOC12Oc3ccc(OC(=O)Nc4ccc(OC)cc4OC)cc3C3C(CCCCO)C(CCCCO)C=C(C(=NOC)CC1N(Cc1ccc4c(c1)OCO4)C(=O)OC)C32. The Hall–Kier alpha value is -5.97. The third-order valence-corrected chi connectivity index (χ3v) is 12.3. The van der Waals surface area contributed by atoms with Crippen molar-refractivity contribution in [2.24, 2.45) is 22.9 Å². The smallest absolute Gasteiger partial charge is 0.417 e. The van der Waals surface area contributed by atoms with Gasteiger partial charge in [-0.25, -0.2) is 9.59 Å². The predicted molar refractivity (Wildman–Crippen MR) is 232 cm³/mol. The lowest BCUT2D eigenvalue weighted by atomic mass is 9.55. The molecule has 4 aliphatic rings. The number of carbonyl (C=O) groups is 2. The fourth-order valence-electron chi connectivity index (χ4n) is 9.62. The third-order valence-electron chi connectivity index (χ3n) is 12.3. The lowest BCUT2D eigenvalue weighted by molar-refractivity contribution is -0.256. The molecule has 0 saturated heterocycles.